The van der Waals surface area contributed by atoms with E-state index in [-0.39, 0.29) is 0 Å². The normalized spacial score (nSPS) is 24.1. The summed E-state index contributed by atoms with van der Waals surface area (Å²) >= 11 is 1.80. The largest absolute Gasteiger partial charge is 0.303 e. The number of halogens is 1. The van der Waals surface area contributed by atoms with Gasteiger partial charge in [0.1, 0.15) is 13.0 Å². The van der Waals surface area contributed by atoms with Crippen LogP contribution in [0, 0.1) is 5.41 Å². The van der Waals surface area contributed by atoms with E-state index < -0.39 is 12.1 Å². The molecule has 0 aromatic rings. The second-order valence-electron chi connectivity index (χ2n) is 2.73. The van der Waals surface area contributed by atoms with Gasteiger partial charge in [0, 0.05) is 0 Å². The van der Waals surface area contributed by atoms with Crippen LogP contribution in [0.3, 0.4) is 0 Å². The van der Waals surface area contributed by atoms with Crippen LogP contribution in [0.4, 0.5) is 4.39 Å². The lowest BCUT2D eigenvalue weighted by atomic mass is 9.85. The van der Waals surface area contributed by atoms with Gasteiger partial charge in [-0.1, -0.05) is 0 Å². The zero-order valence-electron chi connectivity index (χ0n) is 5.81. The molecule has 1 aliphatic rings. The molecule has 1 aliphatic heterocycles. The van der Waals surface area contributed by atoms with Crippen molar-refractivity contribution in [3.05, 3.63) is 0 Å². The van der Waals surface area contributed by atoms with Crippen molar-refractivity contribution in [2.24, 2.45) is 5.41 Å². The van der Waals surface area contributed by atoms with Gasteiger partial charge in [-0.2, -0.15) is 11.8 Å². The average molecular weight is 162 g/mol. The average Bonchev–Trinajstić information content (AvgIpc) is 2.06. The lowest BCUT2D eigenvalue weighted by Crippen LogP contribution is -2.29. The highest BCUT2D eigenvalue weighted by Crippen LogP contribution is 2.33. The Kier molecular flexibility index (Phi) is 2.72. The Morgan fingerprint density at radius 2 is 2.10 bits per heavy atom. The molecule has 1 fully saturated rings. The molecule has 0 amide bonds. The number of hydrogen-bond donors (Lipinski definition) is 0. The van der Waals surface area contributed by atoms with Crippen molar-refractivity contribution in [2.75, 3.05) is 18.2 Å². The van der Waals surface area contributed by atoms with Crippen LogP contribution >= 0.6 is 11.8 Å². The van der Waals surface area contributed by atoms with Crippen molar-refractivity contribution in [3.8, 4) is 0 Å². The summed E-state index contributed by atoms with van der Waals surface area (Å²) in [4.78, 5) is 10.5. The first-order chi connectivity index (χ1) is 4.83. The molecule has 0 bridgehead atoms. The van der Waals surface area contributed by atoms with Crippen LogP contribution in [0.2, 0.25) is 0 Å². The van der Waals surface area contributed by atoms with Crippen molar-refractivity contribution in [3.63, 3.8) is 0 Å². The molecule has 1 nitrogen and oxygen atoms in total. The van der Waals surface area contributed by atoms with E-state index in [9.17, 15) is 9.18 Å². The monoisotopic (exact) mass is 162 g/mol. The minimum Gasteiger partial charge on any atom is -0.303 e. The maximum absolute atomic E-state index is 12.3. The van der Waals surface area contributed by atoms with Gasteiger partial charge in [-0.05, 0) is 24.3 Å². The van der Waals surface area contributed by atoms with E-state index in [1.54, 1.807) is 11.8 Å². The Hall–Kier alpha value is -0.0500. The van der Waals surface area contributed by atoms with Gasteiger partial charge in [-0.25, -0.2) is 0 Å². The first kappa shape index (κ1) is 8.05. The van der Waals surface area contributed by atoms with Crippen LogP contribution < -0.4 is 0 Å². The van der Waals surface area contributed by atoms with Gasteiger partial charge in [0.05, 0.1) is 5.41 Å². The predicted molar refractivity (Wildman–Crippen MR) is 41.0 cm³/mol. The van der Waals surface area contributed by atoms with Gasteiger partial charge in [-0.3, -0.25) is 4.39 Å². The number of carbonyl (C=O) groups excluding carboxylic acids is 1. The number of aldehydes is 1. The molecule has 58 valence electrons. The first-order valence-corrected chi connectivity index (χ1v) is 4.58. The highest BCUT2D eigenvalue weighted by Gasteiger charge is 2.31. The molecule has 0 atom stereocenters. The summed E-state index contributed by atoms with van der Waals surface area (Å²) in [5.41, 5.74) is -0.606. The van der Waals surface area contributed by atoms with Gasteiger partial charge in [0.15, 0.2) is 0 Å². The lowest BCUT2D eigenvalue weighted by molar-refractivity contribution is -0.117. The minimum absolute atomic E-state index is 0.475. The molecule has 0 aliphatic carbocycles. The fourth-order valence-electron chi connectivity index (χ4n) is 1.06. The van der Waals surface area contributed by atoms with Gasteiger partial charge < -0.3 is 4.79 Å². The molecular formula is C7H11FOS. The van der Waals surface area contributed by atoms with Gasteiger partial charge in [0.25, 0.3) is 0 Å². The molecule has 1 heterocycles. The minimum atomic E-state index is -0.606. The van der Waals surface area contributed by atoms with E-state index >= 15 is 0 Å². The topological polar surface area (TPSA) is 17.1 Å². The highest BCUT2D eigenvalue weighted by atomic mass is 32.2. The quantitative estimate of drug-likeness (QED) is 0.574. The molecule has 0 N–H and O–H groups in total. The number of carbonyl (C=O) groups is 1. The van der Waals surface area contributed by atoms with Crippen molar-refractivity contribution in [1.29, 1.82) is 0 Å². The number of thioether (sulfide) groups is 1. The first-order valence-electron chi connectivity index (χ1n) is 3.43. The zero-order valence-corrected chi connectivity index (χ0v) is 6.62. The second kappa shape index (κ2) is 3.37. The summed E-state index contributed by atoms with van der Waals surface area (Å²) in [5.74, 6) is 1.87. The Morgan fingerprint density at radius 3 is 2.40 bits per heavy atom. The zero-order chi connectivity index (χ0) is 7.45. The summed E-state index contributed by atoms with van der Waals surface area (Å²) in [5, 5.41) is 0. The molecular weight excluding hydrogens is 151 g/mol. The van der Waals surface area contributed by atoms with Crippen molar-refractivity contribution < 1.29 is 9.18 Å². The third-order valence-electron chi connectivity index (χ3n) is 2.00. The SMILES string of the molecule is O=CC1(CF)CCSCC1. The third-order valence-corrected chi connectivity index (χ3v) is 2.99. The van der Waals surface area contributed by atoms with Gasteiger partial charge in [-0.15, -0.1) is 0 Å². The predicted octanol–water partition coefficient (Wildman–Crippen LogP) is 1.67. The van der Waals surface area contributed by atoms with Crippen molar-refractivity contribution >= 4 is 18.0 Å². The Bertz CT molecular complexity index is 121. The molecule has 1 saturated heterocycles. The standard InChI is InChI=1S/C7H11FOS/c8-5-7(6-9)1-3-10-4-2-7/h6H,1-5H2. The smallest absolute Gasteiger partial charge is 0.128 e. The number of alkyl halides is 1. The number of rotatable bonds is 2. The van der Waals surface area contributed by atoms with Crippen molar-refractivity contribution in [2.45, 2.75) is 12.8 Å². The second-order valence-corrected chi connectivity index (χ2v) is 3.95. The maximum Gasteiger partial charge on any atom is 0.128 e. The molecule has 0 radical (unpaired) electrons. The molecule has 1 rings (SSSR count). The van der Waals surface area contributed by atoms with Gasteiger partial charge >= 0.3 is 0 Å². The van der Waals surface area contributed by atoms with Crippen LogP contribution in [0.25, 0.3) is 0 Å². The van der Waals surface area contributed by atoms with Crippen LogP contribution in [-0.2, 0) is 4.79 Å². The van der Waals surface area contributed by atoms with E-state index in [2.05, 4.69) is 0 Å². The Morgan fingerprint density at radius 1 is 1.50 bits per heavy atom. The van der Waals surface area contributed by atoms with Crippen LogP contribution in [-0.4, -0.2) is 24.5 Å². The summed E-state index contributed by atoms with van der Waals surface area (Å²) < 4.78 is 12.3. The lowest BCUT2D eigenvalue weighted by Gasteiger charge is -2.28. The Balaban J connectivity index is 2.52. The molecule has 0 unspecified atom stereocenters. The molecule has 0 saturated carbocycles. The van der Waals surface area contributed by atoms with E-state index in [0.29, 0.717) is 0 Å². The van der Waals surface area contributed by atoms with Crippen LogP contribution in [0.5, 0.6) is 0 Å². The fourth-order valence-corrected chi connectivity index (χ4v) is 2.37. The highest BCUT2D eigenvalue weighted by molar-refractivity contribution is 7.99. The Labute approximate surface area is 64.4 Å². The third kappa shape index (κ3) is 1.51. The van der Waals surface area contributed by atoms with Crippen molar-refractivity contribution in [1.82, 2.24) is 0 Å². The molecule has 0 spiro atoms. The molecule has 3 heteroatoms. The van der Waals surface area contributed by atoms with E-state index in [0.717, 1.165) is 30.6 Å². The summed E-state index contributed by atoms with van der Waals surface area (Å²) in [6.07, 6.45) is 2.24. The van der Waals surface area contributed by atoms with E-state index in [4.69, 9.17) is 0 Å². The van der Waals surface area contributed by atoms with E-state index in [1.165, 1.54) is 0 Å². The summed E-state index contributed by atoms with van der Waals surface area (Å²) in [6, 6.07) is 0. The van der Waals surface area contributed by atoms with E-state index in [1.807, 2.05) is 0 Å². The summed E-state index contributed by atoms with van der Waals surface area (Å²) in [6.45, 7) is -0.475. The maximum atomic E-state index is 12.3. The van der Waals surface area contributed by atoms with Gasteiger partial charge in [0.2, 0.25) is 0 Å². The van der Waals surface area contributed by atoms with Crippen LogP contribution in [0.1, 0.15) is 12.8 Å². The molecule has 10 heavy (non-hydrogen) atoms. The van der Waals surface area contributed by atoms with Crippen LogP contribution in [0.15, 0.2) is 0 Å². The molecule has 0 aromatic carbocycles. The fraction of sp³-hybridized carbons (Fsp3) is 0.857. The number of hydrogen-bond acceptors (Lipinski definition) is 2. The molecule has 0 aromatic heterocycles. The summed E-state index contributed by atoms with van der Waals surface area (Å²) in [7, 11) is 0.